The van der Waals surface area contributed by atoms with Crippen LogP contribution in [0.4, 0.5) is 5.69 Å². The van der Waals surface area contributed by atoms with Crippen LogP contribution in [0.15, 0.2) is 59.6 Å². The van der Waals surface area contributed by atoms with Crippen LogP contribution in [0, 0.1) is 0 Å². The number of para-hydroxylation sites is 1. The van der Waals surface area contributed by atoms with Crippen LogP contribution in [0.5, 0.6) is 5.75 Å². The van der Waals surface area contributed by atoms with Crippen molar-refractivity contribution in [3.05, 3.63) is 65.2 Å². The third kappa shape index (κ3) is 2.73. The van der Waals surface area contributed by atoms with E-state index in [-0.39, 0.29) is 10.6 Å². The minimum atomic E-state index is -0.508. The Kier molecular flexibility index (Phi) is 4.17. The zero-order chi connectivity index (χ0) is 16.4. The van der Waals surface area contributed by atoms with Gasteiger partial charge in [-0.15, -0.1) is 0 Å². The molecule has 0 unspecified atom stereocenters. The average molecular weight is 328 g/mol. The number of nitrogens with zero attached hydrogens (tertiary/aromatic N) is 1. The van der Waals surface area contributed by atoms with Crippen LogP contribution < -0.4 is 9.64 Å². The fourth-order valence-corrected chi connectivity index (χ4v) is 2.72. The zero-order valence-corrected chi connectivity index (χ0v) is 13.2. The molecule has 0 saturated carbocycles. The Morgan fingerprint density at radius 1 is 0.957 bits per heavy atom. The van der Waals surface area contributed by atoms with Crippen molar-refractivity contribution >= 4 is 34.7 Å². The molecule has 1 aliphatic rings. The van der Waals surface area contributed by atoms with Gasteiger partial charge in [-0.25, -0.2) is 4.90 Å². The Morgan fingerprint density at radius 3 is 2.22 bits per heavy atom. The van der Waals surface area contributed by atoms with E-state index in [1.165, 1.54) is 0 Å². The van der Waals surface area contributed by atoms with Crippen molar-refractivity contribution in [3.8, 4) is 5.75 Å². The zero-order valence-electron chi connectivity index (χ0n) is 12.5. The molecule has 0 atom stereocenters. The maximum atomic E-state index is 12.7. The molecule has 0 spiro atoms. The lowest BCUT2D eigenvalue weighted by Gasteiger charge is -2.14. The molecule has 5 heteroatoms. The summed E-state index contributed by atoms with van der Waals surface area (Å²) in [6.45, 7) is 2.45. The van der Waals surface area contributed by atoms with Crippen molar-refractivity contribution in [3.63, 3.8) is 0 Å². The number of hydrogen-bond donors (Lipinski definition) is 0. The van der Waals surface area contributed by atoms with Crippen molar-refractivity contribution < 1.29 is 14.3 Å². The molecule has 2 amide bonds. The van der Waals surface area contributed by atoms with Crippen LogP contribution in [-0.2, 0) is 9.59 Å². The molecular formula is C18H14ClNO3. The van der Waals surface area contributed by atoms with E-state index >= 15 is 0 Å². The van der Waals surface area contributed by atoms with E-state index < -0.39 is 11.8 Å². The van der Waals surface area contributed by atoms with Gasteiger partial charge in [-0.05, 0) is 36.8 Å². The standard InChI is InChI=1S/C18H14ClNO3/c1-2-23-14-10-8-12(9-11-14)15-16(19)18(22)20(17(15)21)13-6-4-3-5-7-13/h3-11H,2H2,1H3. The second kappa shape index (κ2) is 6.26. The number of amides is 2. The maximum absolute atomic E-state index is 12.7. The van der Waals surface area contributed by atoms with Crippen LogP contribution in [0.1, 0.15) is 12.5 Å². The summed E-state index contributed by atoms with van der Waals surface area (Å²) in [5, 5.41) is -0.0667. The molecule has 116 valence electrons. The second-order valence-corrected chi connectivity index (χ2v) is 5.31. The van der Waals surface area contributed by atoms with E-state index in [1.807, 2.05) is 13.0 Å². The number of hydrogen-bond acceptors (Lipinski definition) is 3. The summed E-state index contributed by atoms with van der Waals surface area (Å²) in [5.41, 5.74) is 1.31. The van der Waals surface area contributed by atoms with Crippen LogP contribution >= 0.6 is 11.6 Å². The summed E-state index contributed by atoms with van der Waals surface area (Å²) in [6.07, 6.45) is 0. The average Bonchev–Trinajstić information content (AvgIpc) is 2.79. The summed E-state index contributed by atoms with van der Waals surface area (Å²) in [5.74, 6) is -0.230. The van der Waals surface area contributed by atoms with E-state index in [0.717, 1.165) is 4.90 Å². The Bertz CT molecular complexity index is 782. The topological polar surface area (TPSA) is 46.6 Å². The second-order valence-electron chi connectivity index (χ2n) is 4.93. The first kappa shape index (κ1) is 15.3. The van der Waals surface area contributed by atoms with Gasteiger partial charge in [0.1, 0.15) is 10.8 Å². The normalized spacial score (nSPS) is 14.6. The van der Waals surface area contributed by atoms with Crippen molar-refractivity contribution in [1.29, 1.82) is 0 Å². The SMILES string of the molecule is CCOc1ccc(C2=C(Cl)C(=O)N(c3ccccc3)C2=O)cc1. The molecule has 0 fully saturated rings. The van der Waals surface area contributed by atoms with Crippen LogP contribution in [0.25, 0.3) is 5.57 Å². The van der Waals surface area contributed by atoms with Gasteiger partial charge in [-0.1, -0.05) is 41.9 Å². The molecule has 3 rings (SSSR count). The number of benzene rings is 2. The number of carbonyl (C=O) groups excluding carboxylic acids is 2. The molecule has 0 saturated heterocycles. The van der Waals surface area contributed by atoms with E-state index in [4.69, 9.17) is 16.3 Å². The van der Waals surface area contributed by atoms with Gasteiger partial charge in [0.15, 0.2) is 0 Å². The maximum Gasteiger partial charge on any atom is 0.277 e. The first-order valence-electron chi connectivity index (χ1n) is 7.20. The van der Waals surface area contributed by atoms with Gasteiger partial charge in [-0.2, -0.15) is 0 Å². The molecule has 0 radical (unpaired) electrons. The lowest BCUT2D eigenvalue weighted by atomic mass is 10.1. The summed E-state index contributed by atoms with van der Waals surface area (Å²) in [6, 6.07) is 15.7. The van der Waals surface area contributed by atoms with Crippen molar-refractivity contribution in [2.75, 3.05) is 11.5 Å². The Labute approximate surface area is 138 Å². The van der Waals surface area contributed by atoms with E-state index in [1.54, 1.807) is 48.5 Å². The van der Waals surface area contributed by atoms with Gasteiger partial charge in [-0.3, -0.25) is 9.59 Å². The summed E-state index contributed by atoms with van der Waals surface area (Å²) in [4.78, 5) is 26.1. The fourth-order valence-electron chi connectivity index (χ4n) is 2.45. The third-order valence-corrected chi connectivity index (χ3v) is 3.85. The smallest absolute Gasteiger partial charge is 0.277 e. The largest absolute Gasteiger partial charge is 0.494 e. The Hall–Kier alpha value is -2.59. The highest BCUT2D eigenvalue weighted by Gasteiger charge is 2.39. The van der Waals surface area contributed by atoms with Gasteiger partial charge in [0, 0.05) is 0 Å². The molecule has 0 bridgehead atoms. The molecule has 0 N–H and O–H groups in total. The van der Waals surface area contributed by atoms with E-state index in [0.29, 0.717) is 23.6 Å². The number of carbonyl (C=O) groups is 2. The Morgan fingerprint density at radius 2 is 1.61 bits per heavy atom. The fraction of sp³-hybridized carbons (Fsp3) is 0.111. The highest BCUT2D eigenvalue weighted by atomic mass is 35.5. The third-order valence-electron chi connectivity index (χ3n) is 3.50. The summed E-state index contributed by atoms with van der Waals surface area (Å²) < 4.78 is 5.38. The molecule has 23 heavy (non-hydrogen) atoms. The minimum Gasteiger partial charge on any atom is -0.494 e. The Balaban J connectivity index is 1.96. The number of halogens is 1. The number of imide groups is 1. The molecule has 2 aromatic rings. The quantitative estimate of drug-likeness (QED) is 0.806. The molecule has 1 aliphatic heterocycles. The van der Waals surface area contributed by atoms with Crippen LogP contribution in [-0.4, -0.2) is 18.4 Å². The van der Waals surface area contributed by atoms with Crippen molar-refractivity contribution in [2.45, 2.75) is 6.92 Å². The van der Waals surface area contributed by atoms with E-state index in [2.05, 4.69) is 0 Å². The lowest BCUT2D eigenvalue weighted by molar-refractivity contribution is -0.119. The lowest BCUT2D eigenvalue weighted by Crippen LogP contribution is -2.31. The number of ether oxygens (including phenoxy) is 1. The predicted molar refractivity (Wildman–Crippen MR) is 89.3 cm³/mol. The van der Waals surface area contributed by atoms with Crippen LogP contribution in [0.2, 0.25) is 0 Å². The summed E-state index contributed by atoms with van der Waals surface area (Å²) >= 11 is 6.14. The monoisotopic (exact) mass is 327 g/mol. The number of anilines is 1. The minimum absolute atomic E-state index is 0.0667. The molecule has 0 aliphatic carbocycles. The van der Waals surface area contributed by atoms with Gasteiger partial charge >= 0.3 is 0 Å². The number of rotatable bonds is 4. The van der Waals surface area contributed by atoms with Gasteiger partial charge < -0.3 is 4.74 Å². The molecule has 0 aromatic heterocycles. The first-order chi connectivity index (χ1) is 11.1. The van der Waals surface area contributed by atoms with E-state index in [9.17, 15) is 9.59 Å². The molecule has 1 heterocycles. The highest BCUT2D eigenvalue weighted by Crippen LogP contribution is 2.35. The van der Waals surface area contributed by atoms with Gasteiger partial charge in [0.2, 0.25) is 0 Å². The first-order valence-corrected chi connectivity index (χ1v) is 7.58. The molecule has 2 aromatic carbocycles. The molecule has 4 nitrogen and oxygen atoms in total. The predicted octanol–water partition coefficient (Wildman–Crippen LogP) is 3.61. The molecular weight excluding hydrogens is 314 g/mol. The summed E-state index contributed by atoms with van der Waals surface area (Å²) in [7, 11) is 0. The van der Waals surface area contributed by atoms with Crippen LogP contribution in [0.3, 0.4) is 0 Å². The van der Waals surface area contributed by atoms with Crippen molar-refractivity contribution in [1.82, 2.24) is 0 Å². The highest BCUT2D eigenvalue weighted by molar-refractivity contribution is 6.60. The van der Waals surface area contributed by atoms with Gasteiger partial charge in [0.05, 0.1) is 17.9 Å². The van der Waals surface area contributed by atoms with Crippen molar-refractivity contribution in [2.24, 2.45) is 0 Å². The van der Waals surface area contributed by atoms with Gasteiger partial charge in [0.25, 0.3) is 11.8 Å².